The van der Waals surface area contributed by atoms with E-state index in [9.17, 15) is 9.59 Å². The SMILES string of the molecule is O=C1CC2CCC(C1)C2C(=O)Oc1ccccc1. The van der Waals surface area contributed by atoms with E-state index < -0.39 is 0 Å². The first-order valence-electron chi connectivity index (χ1n) is 6.52. The van der Waals surface area contributed by atoms with Gasteiger partial charge in [-0.05, 0) is 36.8 Å². The first-order chi connectivity index (χ1) is 8.74. The summed E-state index contributed by atoms with van der Waals surface area (Å²) < 4.78 is 5.42. The minimum absolute atomic E-state index is 0.0668. The zero-order valence-corrected chi connectivity index (χ0v) is 10.2. The molecular weight excluding hydrogens is 228 g/mol. The number of carbonyl (C=O) groups excluding carboxylic acids is 2. The molecule has 0 amide bonds. The van der Waals surface area contributed by atoms with E-state index in [1.807, 2.05) is 18.2 Å². The molecule has 2 aliphatic carbocycles. The molecule has 3 heteroatoms. The van der Waals surface area contributed by atoms with Crippen LogP contribution in [-0.4, -0.2) is 11.8 Å². The molecule has 0 saturated heterocycles. The highest BCUT2D eigenvalue weighted by molar-refractivity contribution is 5.84. The van der Waals surface area contributed by atoms with Crippen LogP contribution in [0.2, 0.25) is 0 Å². The maximum atomic E-state index is 12.2. The zero-order valence-electron chi connectivity index (χ0n) is 10.2. The van der Waals surface area contributed by atoms with E-state index in [2.05, 4.69) is 0 Å². The van der Waals surface area contributed by atoms with Crippen LogP contribution >= 0.6 is 0 Å². The molecule has 2 unspecified atom stereocenters. The Labute approximate surface area is 106 Å². The zero-order chi connectivity index (χ0) is 12.5. The Morgan fingerprint density at radius 3 is 2.28 bits per heavy atom. The van der Waals surface area contributed by atoms with Crippen molar-refractivity contribution in [1.82, 2.24) is 0 Å². The first kappa shape index (κ1) is 11.5. The Bertz CT molecular complexity index is 450. The minimum atomic E-state index is -0.152. The number of para-hydroxylation sites is 1. The Morgan fingerprint density at radius 1 is 1.06 bits per heavy atom. The summed E-state index contributed by atoms with van der Waals surface area (Å²) in [5.74, 6) is 1.12. The molecule has 1 aromatic carbocycles. The van der Waals surface area contributed by atoms with Crippen LogP contribution in [0.4, 0.5) is 0 Å². The van der Waals surface area contributed by atoms with Crippen LogP contribution in [-0.2, 0) is 9.59 Å². The van der Waals surface area contributed by atoms with Crippen LogP contribution in [0.25, 0.3) is 0 Å². The molecule has 0 heterocycles. The summed E-state index contributed by atoms with van der Waals surface area (Å²) >= 11 is 0. The van der Waals surface area contributed by atoms with E-state index in [1.54, 1.807) is 12.1 Å². The molecule has 0 N–H and O–H groups in total. The normalized spacial score (nSPS) is 30.2. The van der Waals surface area contributed by atoms with Gasteiger partial charge in [0.15, 0.2) is 0 Å². The molecule has 18 heavy (non-hydrogen) atoms. The van der Waals surface area contributed by atoms with Crippen LogP contribution in [0.1, 0.15) is 25.7 Å². The third-order valence-corrected chi connectivity index (χ3v) is 4.14. The quantitative estimate of drug-likeness (QED) is 0.593. The molecule has 0 aromatic heterocycles. The van der Waals surface area contributed by atoms with E-state index in [0.717, 1.165) is 12.8 Å². The van der Waals surface area contributed by atoms with Crippen molar-refractivity contribution in [3.63, 3.8) is 0 Å². The highest BCUT2D eigenvalue weighted by Gasteiger charge is 2.46. The van der Waals surface area contributed by atoms with E-state index in [4.69, 9.17) is 4.74 Å². The lowest BCUT2D eigenvalue weighted by atomic mass is 9.78. The van der Waals surface area contributed by atoms with Gasteiger partial charge in [-0.25, -0.2) is 0 Å². The highest BCUT2D eigenvalue weighted by Crippen LogP contribution is 2.46. The predicted octanol–water partition coefficient (Wildman–Crippen LogP) is 2.60. The van der Waals surface area contributed by atoms with Gasteiger partial charge in [0.05, 0.1) is 5.92 Å². The van der Waals surface area contributed by atoms with Crippen LogP contribution in [0, 0.1) is 17.8 Å². The van der Waals surface area contributed by atoms with E-state index in [0.29, 0.717) is 24.4 Å². The topological polar surface area (TPSA) is 43.4 Å². The largest absolute Gasteiger partial charge is 0.426 e. The number of carbonyl (C=O) groups is 2. The lowest BCUT2D eigenvalue weighted by molar-refractivity contribution is -0.144. The van der Waals surface area contributed by atoms with Crippen molar-refractivity contribution in [2.75, 3.05) is 0 Å². The van der Waals surface area contributed by atoms with E-state index in [-0.39, 0.29) is 23.7 Å². The fourth-order valence-corrected chi connectivity index (χ4v) is 3.36. The van der Waals surface area contributed by atoms with Crippen LogP contribution < -0.4 is 4.74 Å². The number of ether oxygens (including phenoxy) is 1. The fraction of sp³-hybridized carbons (Fsp3) is 0.467. The number of esters is 1. The molecule has 2 bridgehead atoms. The predicted molar refractivity (Wildman–Crippen MR) is 66.0 cm³/mol. The molecule has 3 nitrogen and oxygen atoms in total. The Morgan fingerprint density at radius 2 is 1.67 bits per heavy atom. The van der Waals surface area contributed by atoms with Crippen molar-refractivity contribution >= 4 is 11.8 Å². The van der Waals surface area contributed by atoms with Crippen LogP contribution in [0.5, 0.6) is 5.75 Å². The molecular formula is C15H16O3. The van der Waals surface area contributed by atoms with Crippen molar-refractivity contribution in [3.05, 3.63) is 30.3 Å². The third-order valence-electron chi connectivity index (χ3n) is 4.14. The number of ketones is 1. The van der Waals surface area contributed by atoms with Gasteiger partial charge in [-0.3, -0.25) is 9.59 Å². The fourth-order valence-electron chi connectivity index (χ4n) is 3.36. The number of hydrogen-bond donors (Lipinski definition) is 0. The summed E-state index contributed by atoms with van der Waals surface area (Å²) in [4.78, 5) is 23.7. The van der Waals surface area contributed by atoms with Gasteiger partial charge in [0, 0.05) is 12.8 Å². The summed E-state index contributed by atoms with van der Waals surface area (Å²) in [6.45, 7) is 0. The van der Waals surface area contributed by atoms with Gasteiger partial charge in [0.2, 0.25) is 0 Å². The monoisotopic (exact) mass is 244 g/mol. The molecule has 2 atom stereocenters. The maximum Gasteiger partial charge on any atom is 0.314 e. The Hall–Kier alpha value is -1.64. The van der Waals surface area contributed by atoms with Gasteiger partial charge < -0.3 is 4.74 Å². The average molecular weight is 244 g/mol. The second-order valence-electron chi connectivity index (χ2n) is 5.30. The van der Waals surface area contributed by atoms with Crippen molar-refractivity contribution < 1.29 is 14.3 Å². The Balaban J connectivity index is 1.72. The molecule has 2 aliphatic rings. The summed E-state index contributed by atoms with van der Waals surface area (Å²) in [5, 5.41) is 0. The molecule has 2 fully saturated rings. The number of Topliss-reactive ketones (excluding diaryl/α,β-unsaturated/α-hetero) is 1. The number of rotatable bonds is 2. The summed E-state index contributed by atoms with van der Waals surface area (Å²) in [6.07, 6.45) is 3.10. The lowest BCUT2D eigenvalue weighted by Gasteiger charge is -2.27. The van der Waals surface area contributed by atoms with Crippen molar-refractivity contribution in [3.8, 4) is 5.75 Å². The lowest BCUT2D eigenvalue weighted by Crippen LogP contribution is -2.34. The van der Waals surface area contributed by atoms with Crippen LogP contribution in [0.3, 0.4) is 0 Å². The van der Waals surface area contributed by atoms with Crippen molar-refractivity contribution in [2.45, 2.75) is 25.7 Å². The molecule has 94 valence electrons. The van der Waals surface area contributed by atoms with Gasteiger partial charge in [-0.1, -0.05) is 18.2 Å². The summed E-state index contributed by atoms with van der Waals surface area (Å²) in [5.41, 5.74) is 0. The van der Waals surface area contributed by atoms with Gasteiger partial charge in [-0.15, -0.1) is 0 Å². The molecule has 0 spiro atoms. The molecule has 0 aliphatic heterocycles. The second kappa shape index (κ2) is 4.56. The number of fused-ring (bicyclic) bond motifs is 2. The van der Waals surface area contributed by atoms with Gasteiger partial charge in [0.25, 0.3) is 0 Å². The van der Waals surface area contributed by atoms with Crippen molar-refractivity contribution in [2.24, 2.45) is 17.8 Å². The van der Waals surface area contributed by atoms with Crippen molar-refractivity contribution in [1.29, 1.82) is 0 Å². The van der Waals surface area contributed by atoms with Gasteiger partial charge in [-0.2, -0.15) is 0 Å². The summed E-state index contributed by atoms with van der Waals surface area (Å²) in [6, 6.07) is 9.16. The standard InChI is InChI=1S/C15H16O3/c16-12-8-10-6-7-11(9-12)14(10)15(17)18-13-4-2-1-3-5-13/h1-5,10-11,14H,6-9H2. The van der Waals surface area contributed by atoms with E-state index >= 15 is 0 Å². The maximum absolute atomic E-state index is 12.2. The number of hydrogen-bond acceptors (Lipinski definition) is 3. The average Bonchev–Trinajstić information content (AvgIpc) is 2.63. The second-order valence-corrected chi connectivity index (χ2v) is 5.30. The summed E-state index contributed by atoms with van der Waals surface area (Å²) in [7, 11) is 0. The molecule has 0 radical (unpaired) electrons. The minimum Gasteiger partial charge on any atom is -0.426 e. The number of benzene rings is 1. The molecule has 1 aromatic rings. The van der Waals surface area contributed by atoms with Gasteiger partial charge in [0.1, 0.15) is 11.5 Å². The smallest absolute Gasteiger partial charge is 0.314 e. The Kier molecular flexibility index (Phi) is 2.90. The third kappa shape index (κ3) is 2.05. The highest BCUT2D eigenvalue weighted by atomic mass is 16.5. The van der Waals surface area contributed by atoms with Gasteiger partial charge >= 0.3 is 5.97 Å². The van der Waals surface area contributed by atoms with Crippen LogP contribution in [0.15, 0.2) is 30.3 Å². The molecule has 2 saturated carbocycles. The van der Waals surface area contributed by atoms with E-state index in [1.165, 1.54) is 0 Å². The first-order valence-corrected chi connectivity index (χ1v) is 6.52. The molecule has 3 rings (SSSR count).